The third kappa shape index (κ3) is 1.55. The molecule has 0 saturated heterocycles. The van der Waals surface area contributed by atoms with E-state index in [0.29, 0.717) is 0 Å². The van der Waals surface area contributed by atoms with E-state index in [0.717, 1.165) is 0 Å². The van der Waals surface area contributed by atoms with Crippen molar-refractivity contribution in [2.24, 2.45) is 0 Å². The Bertz CT molecular complexity index is 116. The smallest absolute Gasteiger partial charge is 0.286 e. The normalized spacial score (nSPS) is 7.57. The van der Waals surface area contributed by atoms with Crippen molar-refractivity contribution in [3.8, 4) is 0 Å². The van der Waals surface area contributed by atoms with Gasteiger partial charge >= 0.3 is 0 Å². The highest BCUT2D eigenvalue weighted by atomic mass is 35.5. The Morgan fingerprint density at radius 3 is 2.57 bits per heavy atom. The lowest BCUT2D eigenvalue weighted by Crippen LogP contribution is -1.68. The maximum absolute atomic E-state index is 11.5. The average molecular weight is 123 g/mol. The van der Waals surface area contributed by atoms with E-state index in [9.17, 15) is 4.39 Å². The molecule has 1 aromatic heterocycles. The molecule has 0 aliphatic rings. The molecule has 1 rings (SSSR count). The number of aromatic nitrogens is 2. The summed E-state index contributed by atoms with van der Waals surface area (Å²) in [6.45, 7) is 0. The second-order valence-corrected chi connectivity index (χ2v) is 0.880. The molecule has 0 fully saturated rings. The van der Waals surface area contributed by atoms with Crippen molar-refractivity contribution in [1.82, 2.24) is 9.97 Å². The second-order valence-electron chi connectivity index (χ2n) is 0.880. The predicted octanol–water partition coefficient (Wildman–Crippen LogP) is 0.971. The molecular weight excluding hydrogens is 118 g/mol. The quantitative estimate of drug-likeness (QED) is 0.546. The summed E-state index contributed by atoms with van der Waals surface area (Å²) >= 11 is 0. The zero-order valence-electron chi connectivity index (χ0n) is 3.39. The summed E-state index contributed by atoms with van der Waals surface area (Å²) in [5, 5.41) is 0. The standard InChI is InChI=1S/C3H3FN2.ClH/c4-3-5-1-2-6-3;/h1-2H,(H,5,6);1H. The van der Waals surface area contributed by atoms with Crippen LogP contribution in [0.15, 0.2) is 12.4 Å². The molecule has 40 valence electrons. The van der Waals surface area contributed by atoms with E-state index < -0.39 is 6.08 Å². The van der Waals surface area contributed by atoms with Crippen LogP contribution in [-0.2, 0) is 0 Å². The summed E-state index contributed by atoms with van der Waals surface area (Å²) in [6.07, 6.45) is 2.25. The number of nitrogens with one attached hydrogen (secondary N) is 1. The second kappa shape index (κ2) is 2.58. The number of rotatable bonds is 0. The minimum atomic E-state index is -0.532. The van der Waals surface area contributed by atoms with Crippen LogP contribution in [0, 0.1) is 6.08 Å². The number of halogens is 2. The lowest BCUT2D eigenvalue weighted by Gasteiger charge is -1.63. The molecule has 0 aliphatic heterocycles. The van der Waals surface area contributed by atoms with Crippen LogP contribution in [0.25, 0.3) is 0 Å². The summed E-state index contributed by atoms with van der Waals surface area (Å²) < 4.78 is 11.5. The first-order chi connectivity index (χ1) is 2.89. The number of hydrogen-bond acceptors (Lipinski definition) is 1. The molecule has 0 atom stereocenters. The number of nitrogens with zero attached hydrogens (tertiary/aromatic N) is 1. The van der Waals surface area contributed by atoms with Crippen LogP contribution in [-0.4, -0.2) is 9.97 Å². The third-order valence-corrected chi connectivity index (χ3v) is 0.465. The van der Waals surface area contributed by atoms with Gasteiger partial charge in [-0.3, -0.25) is 0 Å². The highest BCUT2D eigenvalue weighted by Gasteiger charge is 1.79. The maximum atomic E-state index is 11.5. The Morgan fingerprint density at radius 1 is 1.71 bits per heavy atom. The molecule has 0 aliphatic carbocycles. The fourth-order valence-corrected chi connectivity index (χ4v) is 0.246. The number of imidazole rings is 1. The molecule has 0 amide bonds. The Labute approximate surface area is 46.2 Å². The van der Waals surface area contributed by atoms with Gasteiger partial charge in [-0.1, -0.05) is 0 Å². The summed E-state index contributed by atoms with van der Waals surface area (Å²) in [7, 11) is 0. The van der Waals surface area contributed by atoms with Crippen LogP contribution in [0.4, 0.5) is 4.39 Å². The van der Waals surface area contributed by atoms with Crippen LogP contribution in [0.5, 0.6) is 0 Å². The van der Waals surface area contributed by atoms with Gasteiger partial charge in [0, 0.05) is 12.4 Å². The van der Waals surface area contributed by atoms with E-state index >= 15 is 0 Å². The highest BCUT2D eigenvalue weighted by molar-refractivity contribution is 5.85. The van der Waals surface area contributed by atoms with E-state index in [2.05, 4.69) is 9.97 Å². The zero-order valence-corrected chi connectivity index (χ0v) is 4.20. The fraction of sp³-hybridized carbons (Fsp3) is 0. The van der Waals surface area contributed by atoms with E-state index in [-0.39, 0.29) is 12.4 Å². The fourth-order valence-electron chi connectivity index (χ4n) is 0.246. The lowest BCUT2D eigenvalue weighted by molar-refractivity contribution is 0.552. The highest BCUT2D eigenvalue weighted by Crippen LogP contribution is 1.78. The van der Waals surface area contributed by atoms with Gasteiger partial charge in [0.2, 0.25) is 0 Å². The van der Waals surface area contributed by atoms with Crippen molar-refractivity contribution in [2.45, 2.75) is 0 Å². The van der Waals surface area contributed by atoms with Gasteiger partial charge in [0.25, 0.3) is 6.08 Å². The predicted molar refractivity (Wildman–Crippen MR) is 25.8 cm³/mol. The van der Waals surface area contributed by atoms with Gasteiger partial charge < -0.3 is 4.98 Å². The molecule has 1 heterocycles. The molecule has 1 N–H and O–H groups in total. The van der Waals surface area contributed by atoms with Crippen LogP contribution in [0.1, 0.15) is 0 Å². The first-order valence-corrected chi connectivity index (χ1v) is 1.54. The lowest BCUT2D eigenvalue weighted by atomic mass is 11.0. The monoisotopic (exact) mass is 122 g/mol. The zero-order chi connectivity index (χ0) is 4.41. The third-order valence-electron chi connectivity index (χ3n) is 0.465. The minimum Gasteiger partial charge on any atom is -0.321 e. The molecule has 4 heteroatoms. The minimum absolute atomic E-state index is 0. The first kappa shape index (κ1) is 6.43. The number of aromatic amines is 1. The Morgan fingerprint density at radius 2 is 2.43 bits per heavy atom. The molecule has 2 nitrogen and oxygen atoms in total. The van der Waals surface area contributed by atoms with E-state index in [1.54, 1.807) is 0 Å². The summed E-state index contributed by atoms with van der Waals surface area (Å²) in [6, 6.07) is 0. The van der Waals surface area contributed by atoms with Gasteiger partial charge in [0.15, 0.2) is 0 Å². The molecule has 0 spiro atoms. The van der Waals surface area contributed by atoms with Crippen LogP contribution in [0.2, 0.25) is 0 Å². The number of H-pyrrole nitrogens is 1. The molecule has 0 saturated carbocycles. The Balaban J connectivity index is 0.000000360. The molecule has 1 aromatic rings. The van der Waals surface area contributed by atoms with Crippen molar-refractivity contribution >= 4 is 12.4 Å². The van der Waals surface area contributed by atoms with Gasteiger partial charge in [0.05, 0.1) is 0 Å². The van der Waals surface area contributed by atoms with Crippen molar-refractivity contribution in [2.75, 3.05) is 0 Å². The largest absolute Gasteiger partial charge is 0.321 e. The van der Waals surface area contributed by atoms with Crippen LogP contribution < -0.4 is 0 Å². The molecular formula is C3H4ClFN2. The molecule has 0 radical (unpaired) electrons. The van der Waals surface area contributed by atoms with Crippen molar-refractivity contribution in [1.29, 1.82) is 0 Å². The number of hydrogen-bond donors (Lipinski definition) is 1. The van der Waals surface area contributed by atoms with Crippen LogP contribution in [0.3, 0.4) is 0 Å². The van der Waals surface area contributed by atoms with Gasteiger partial charge in [-0.15, -0.1) is 12.4 Å². The van der Waals surface area contributed by atoms with Gasteiger partial charge in [-0.25, -0.2) is 4.98 Å². The summed E-state index contributed by atoms with van der Waals surface area (Å²) in [4.78, 5) is 5.42. The SMILES string of the molecule is Cl.Fc1ncc[nH]1. The van der Waals surface area contributed by atoms with Gasteiger partial charge in [-0.05, 0) is 0 Å². The first-order valence-electron chi connectivity index (χ1n) is 1.54. The molecule has 0 unspecified atom stereocenters. The van der Waals surface area contributed by atoms with E-state index in [1.165, 1.54) is 12.4 Å². The van der Waals surface area contributed by atoms with Crippen LogP contribution >= 0.6 is 12.4 Å². The Hall–Kier alpha value is -0.570. The van der Waals surface area contributed by atoms with Crippen molar-refractivity contribution < 1.29 is 4.39 Å². The summed E-state index contributed by atoms with van der Waals surface area (Å²) in [5.41, 5.74) is 0. The van der Waals surface area contributed by atoms with Gasteiger partial charge in [-0.2, -0.15) is 4.39 Å². The molecule has 0 aromatic carbocycles. The van der Waals surface area contributed by atoms with Crippen molar-refractivity contribution in [3.63, 3.8) is 0 Å². The average Bonchev–Trinajstić information content (AvgIpc) is 1.86. The van der Waals surface area contributed by atoms with Crippen molar-refractivity contribution in [3.05, 3.63) is 18.5 Å². The van der Waals surface area contributed by atoms with E-state index in [1.807, 2.05) is 0 Å². The maximum Gasteiger partial charge on any atom is 0.286 e. The molecule has 0 bridgehead atoms. The summed E-state index contributed by atoms with van der Waals surface area (Å²) in [5.74, 6) is 0. The topological polar surface area (TPSA) is 28.7 Å². The molecule has 7 heavy (non-hydrogen) atoms. The van der Waals surface area contributed by atoms with E-state index in [4.69, 9.17) is 0 Å². The Kier molecular flexibility index (Phi) is 2.37. The van der Waals surface area contributed by atoms with Gasteiger partial charge in [0.1, 0.15) is 0 Å².